The van der Waals surface area contributed by atoms with Crippen LogP contribution < -0.4 is 16.0 Å². The second-order valence-corrected chi connectivity index (χ2v) is 9.00. The number of primary amides is 1. The number of carbonyl (C=O) groups excluding carboxylic acids is 1. The molecular formula is C21H20BrClN4O3. The zero-order valence-electron chi connectivity index (χ0n) is 16.6. The monoisotopic (exact) mass is 490 g/mol. The Bertz CT molecular complexity index is 1220. The lowest BCUT2D eigenvalue weighted by atomic mass is 9.95. The molecule has 0 aliphatic rings. The Hall–Kier alpha value is -2.71. The van der Waals surface area contributed by atoms with Gasteiger partial charge in [-0.1, -0.05) is 48.3 Å². The highest BCUT2D eigenvalue weighted by Crippen LogP contribution is 2.24. The van der Waals surface area contributed by atoms with Gasteiger partial charge in [0, 0.05) is 20.5 Å². The van der Waals surface area contributed by atoms with Gasteiger partial charge < -0.3 is 10.5 Å². The summed E-state index contributed by atoms with van der Waals surface area (Å²) < 4.78 is 7.46. The SMILES string of the molecule is CC(C)(C)c1nc2ccc(Br)cc2c(=O)n1N=Cc1cc(Cl)ccc1OCC(N)=O. The van der Waals surface area contributed by atoms with Crippen LogP contribution in [0.3, 0.4) is 0 Å². The van der Waals surface area contributed by atoms with Gasteiger partial charge >= 0.3 is 0 Å². The van der Waals surface area contributed by atoms with Gasteiger partial charge in [0.2, 0.25) is 0 Å². The number of hydrogen-bond acceptors (Lipinski definition) is 5. The normalized spacial score (nSPS) is 11.9. The summed E-state index contributed by atoms with van der Waals surface area (Å²) in [6.45, 7) is 5.56. The van der Waals surface area contributed by atoms with Crippen LogP contribution in [0, 0.1) is 0 Å². The van der Waals surface area contributed by atoms with E-state index < -0.39 is 11.3 Å². The number of nitrogens with two attached hydrogens (primary N) is 1. The second kappa shape index (κ2) is 8.57. The van der Waals surface area contributed by atoms with E-state index in [2.05, 4.69) is 26.0 Å². The molecule has 0 atom stereocenters. The summed E-state index contributed by atoms with van der Waals surface area (Å²) in [4.78, 5) is 28.9. The molecule has 1 amide bonds. The molecule has 0 bridgehead atoms. The predicted molar refractivity (Wildman–Crippen MR) is 122 cm³/mol. The van der Waals surface area contributed by atoms with Crippen molar-refractivity contribution in [3.8, 4) is 5.75 Å². The second-order valence-electron chi connectivity index (χ2n) is 7.65. The van der Waals surface area contributed by atoms with Crippen molar-refractivity contribution in [2.45, 2.75) is 26.2 Å². The molecule has 2 aromatic carbocycles. The Morgan fingerprint density at radius 1 is 1.30 bits per heavy atom. The van der Waals surface area contributed by atoms with E-state index in [1.807, 2.05) is 26.8 Å². The molecule has 156 valence electrons. The average Bonchev–Trinajstić information content (AvgIpc) is 2.66. The zero-order chi connectivity index (χ0) is 22.1. The summed E-state index contributed by atoms with van der Waals surface area (Å²) in [6.07, 6.45) is 1.45. The third-order valence-electron chi connectivity index (χ3n) is 4.13. The van der Waals surface area contributed by atoms with Crippen molar-refractivity contribution in [3.05, 3.63) is 67.6 Å². The molecule has 0 radical (unpaired) electrons. The van der Waals surface area contributed by atoms with Gasteiger partial charge in [-0.05, 0) is 36.4 Å². The standard InChI is InChI=1S/C21H20BrClN4O3/c1-21(2,3)20-26-16-6-4-13(22)9-15(16)19(29)27(20)25-10-12-8-14(23)5-7-17(12)30-11-18(24)28/h4-10H,11H2,1-3H3,(H2,24,28). The lowest BCUT2D eigenvalue weighted by molar-refractivity contribution is -0.119. The molecule has 1 aromatic heterocycles. The van der Waals surface area contributed by atoms with Crippen LogP contribution in [0.2, 0.25) is 5.02 Å². The third-order valence-corrected chi connectivity index (χ3v) is 4.86. The van der Waals surface area contributed by atoms with Crippen molar-refractivity contribution in [3.63, 3.8) is 0 Å². The maximum absolute atomic E-state index is 13.2. The van der Waals surface area contributed by atoms with Crippen LogP contribution in [-0.2, 0) is 10.2 Å². The number of amides is 1. The first-order valence-corrected chi connectivity index (χ1v) is 10.2. The highest BCUT2D eigenvalue weighted by molar-refractivity contribution is 9.10. The van der Waals surface area contributed by atoms with Gasteiger partial charge in [0.1, 0.15) is 11.6 Å². The van der Waals surface area contributed by atoms with Crippen molar-refractivity contribution >= 4 is 50.6 Å². The number of carbonyl (C=O) groups is 1. The van der Waals surface area contributed by atoms with Gasteiger partial charge in [0.15, 0.2) is 6.61 Å². The fraction of sp³-hybridized carbons (Fsp3) is 0.238. The first kappa shape index (κ1) is 22.0. The van der Waals surface area contributed by atoms with Crippen LogP contribution in [0.15, 0.2) is 50.8 Å². The smallest absolute Gasteiger partial charge is 0.282 e. The molecular weight excluding hydrogens is 472 g/mol. The highest BCUT2D eigenvalue weighted by atomic mass is 79.9. The van der Waals surface area contributed by atoms with E-state index in [9.17, 15) is 9.59 Å². The lowest BCUT2D eigenvalue weighted by Gasteiger charge is -2.21. The minimum Gasteiger partial charge on any atom is -0.483 e. The zero-order valence-corrected chi connectivity index (χ0v) is 19.0. The van der Waals surface area contributed by atoms with Crippen LogP contribution in [0.4, 0.5) is 0 Å². The van der Waals surface area contributed by atoms with Crippen molar-refractivity contribution in [2.24, 2.45) is 10.8 Å². The molecule has 9 heteroatoms. The molecule has 2 N–H and O–H groups in total. The maximum atomic E-state index is 13.2. The van der Waals surface area contributed by atoms with E-state index in [1.165, 1.54) is 10.9 Å². The fourth-order valence-corrected chi connectivity index (χ4v) is 3.30. The lowest BCUT2D eigenvalue weighted by Crippen LogP contribution is -2.29. The van der Waals surface area contributed by atoms with Gasteiger partial charge in [-0.3, -0.25) is 9.59 Å². The molecule has 7 nitrogen and oxygen atoms in total. The summed E-state index contributed by atoms with van der Waals surface area (Å²) in [5, 5.41) is 5.28. The van der Waals surface area contributed by atoms with Gasteiger partial charge in [-0.15, -0.1) is 0 Å². The van der Waals surface area contributed by atoms with E-state index >= 15 is 0 Å². The molecule has 0 spiro atoms. The van der Waals surface area contributed by atoms with E-state index in [-0.39, 0.29) is 12.2 Å². The molecule has 0 saturated carbocycles. The number of rotatable bonds is 5. The van der Waals surface area contributed by atoms with Crippen molar-refractivity contribution in [2.75, 3.05) is 6.61 Å². The third kappa shape index (κ3) is 4.88. The van der Waals surface area contributed by atoms with E-state index in [0.717, 1.165) is 4.47 Å². The molecule has 0 aliphatic heterocycles. The number of halogens is 2. The van der Waals surface area contributed by atoms with Crippen LogP contribution in [0.25, 0.3) is 10.9 Å². The highest BCUT2D eigenvalue weighted by Gasteiger charge is 2.23. The Balaban J connectivity index is 2.17. The molecule has 0 fully saturated rings. The summed E-state index contributed by atoms with van der Waals surface area (Å²) in [7, 11) is 0. The predicted octanol–water partition coefficient (Wildman–Crippen LogP) is 3.86. The minimum atomic E-state index is -0.608. The number of hydrogen-bond donors (Lipinski definition) is 1. The molecule has 3 aromatic rings. The molecule has 0 saturated heterocycles. The molecule has 0 aliphatic carbocycles. The Morgan fingerprint density at radius 3 is 2.70 bits per heavy atom. The fourth-order valence-electron chi connectivity index (χ4n) is 2.76. The van der Waals surface area contributed by atoms with Crippen molar-refractivity contribution < 1.29 is 9.53 Å². The van der Waals surface area contributed by atoms with Gasteiger partial charge in [0.05, 0.1) is 17.1 Å². The Labute approximate surface area is 186 Å². The van der Waals surface area contributed by atoms with E-state index in [1.54, 1.807) is 30.3 Å². The van der Waals surface area contributed by atoms with Crippen LogP contribution in [-0.4, -0.2) is 28.4 Å². The number of nitrogens with zero attached hydrogens (tertiary/aromatic N) is 3. The maximum Gasteiger partial charge on any atom is 0.282 e. The summed E-state index contributed by atoms with van der Waals surface area (Å²) >= 11 is 9.48. The van der Waals surface area contributed by atoms with E-state index in [0.29, 0.717) is 33.1 Å². The van der Waals surface area contributed by atoms with Crippen molar-refractivity contribution in [1.82, 2.24) is 9.66 Å². The largest absolute Gasteiger partial charge is 0.483 e. The molecule has 1 heterocycles. The number of aromatic nitrogens is 2. The number of ether oxygens (including phenoxy) is 1. The van der Waals surface area contributed by atoms with E-state index in [4.69, 9.17) is 22.1 Å². The van der Waals surface area contributed by atoms with Gasteiger partial charge in [0.25, 0.3) is 11.5 Å². The van der Waals surface area contributed by atoms with Crippen LogP contribution in [0.5, 0.6) is 5.75 Å². The Morgan fingerprint density at radius 2 is 2.03 bits per heavy atom. The topological polar surface area (TPSA) is 99.6 Å². The van der Waals surface area contributed by atoms with Gasteiger partial charge in [-0.25, -0.2) is 4.98 Å². The quantitative estimate of drug-likeness (QED) is 0.548. The average molecular weight is 492 g/mol. The molecule has 3 rings (SSSR count). The Kier molecular flexibility index (Phi) is 6.28. The number of benzene rings is 2. The van der Waals surface area contributed by atoms with Crippen LogP contribution >= 0.6 is 27.5 Å². The first-order chi connectivity index (χ1) is 14.1. The van der Waals surface area contributed by atoms with Gasteiger partial charge in [-0.2, -0.15) is 9.78 Å². The summed E-state index contributed by atoms with van der Waals surface area (Å²) in [6, 6.07) is 10.2. The summed E-state index contributed by atoms with van der Waals surface area (Å²) in [5.41, 5.74) is 5.49. The first-order valence-electron chi connectivity index (χ1n) is 9.04. The molecule has 30 heavy (non-hydrogen) atoms. The minimum absolute atomic E-state index is 0.290. The summed E-state index contributed by atoms with van der Waals surface area (Å²) in [5.74, 6) is 0.257. The number of fused-ring (bicyclic) bond motifs is 1. The molecule has 0 unspecified atom stereocenters. The van der Waals surface area contributed by atoms with Crippen molar-refractivity contribution in [1.29, 1.82) is 0 Å². The van der Waals surface area contributed by atoms with Crippen LogP contribution in [0.1, 0.15) is 32.2 Å².